The number of nitrogens with zero attached hydrogens (tertiary/aromatic N) is 2. The van der Waals surface area contributed by atoms with E-state index in [0.717, 1.165) is 32.2 Å². The highest BCUT2D eigenvalue weighted by atomic mass is 16.6. The molecule has 1 N–H and O–H groups in total. The second kappa shape index (κ2) is 9.09. The van der Waals surface area contributed by atoms with Crippen molar-refractivity contribution in [2.24, 2.45) is 0 Å². The zero-order valence-corrected chi connectivity index (χ0v) is 17.1. The minimum atomic E-state index is -0.463. The Hall–Kier alpha value is -2.56. The van der Waals surface area contributed by atoms with Gasteiger partial charge in [-0.05, 0) is 64.2 Å². The number of carbonyl (C=O) groups excluding carboxylic acids is 1. The van der Waals surface area contributed by atoms with Crippen LogP contribution in [0.4, 0.5) is 10.5 Å². The van der Waals surface area contributed by atoms with Gasteiger partial charge in [0.15, 0.2) is 0 Å². The number of alkyl carbamates (subject to hydrolysis) is 1. The molecule has 1 aromatic carbocycles. The summed E-state index contributed by atoms with van der Waals surface area (Å²) in [6.45, 7) is 6.54. The Morgan fingerprint density at radius 3 is 2.32 bits per heavy atom. The Balaban J connectivity index is 1.62. The standard InChI is InChI=1S/C23H31N3O2/c1-23(2,3)28-22(27)25-19-9-11-20(12-10-19)26(21-13-15-24-16-14-21)17-18-7-5-4-6-8-18/h4-8,13-16,19-20H,9-12,17H2,1-3H3,(H,25,27). The van der Waals surface area contributed by atoms with Crippen molar-refractivity contribution < 1.29 is 9.53 Å². The Bertz CT molecular complexity index is 735. The first-order valence-electron chi connectivity index (χ1n) is 10.1. The summed E-state index contributed by atoms with van der Waals surface area (Å²) in [7, 11) is 0. The molecule has 0 unspecified atom stereocenters. The summed E-state index contributed by atoms with van der Waals surface area (Å²) < 4.78 is 5.40. The minimum Gasteiger partial charge on any atom is -0.444 e. The van der Waals surface area contributed by atoms with Crippen LogP contribution in [-0.4, -0.2) is 28.8 Å². The molecule has 1 aromatic heterocycles. The number of hydrogen-bond donors (Lipinski definition) is 1. The average molecular weight is 382 g/mol. The maximum absolute atomic E-state index is 12.1. The van der Waals surface area contributed by atoms with E-state index in [1.807, 2.05) is 39.2 Å². The predicted molar refractivity (Wildman–Crippen MR) is 112 cm³/mol. The molecule has 5 heteroatoms. The molecule has 1 amide bonds. The molecule has 1 heterocycles. The number of amides is 1. The third-order valence-corrected chi connectivity index (χ3v) is 5.05. The third kappa shape index (κ3) is 5.98. The summed E-state index contributed by atoms with van der Waals surface area (Å²) in [5.74, 6) is 0. The number of nitrogens with one attached hydrogen (secondary N) is 1. The van der Waals surface area contributed by atoms with E-state index in [-0.39, 0.29) is 12.1 Å². The summed E-state index contributed by atoms with van der Waals surface area (Å²) in [4.78, 5) is 18.7. The van der Waals surface area contributed by atoms with Crippen LogP contribution < -0.4 is 10.2 Å². The predicted octanol–water partition coefficient (Wildman–Crippen LogP) is 4.92. The highest BCUT2D eigenvalue weighted by molar-refractivity contribution is 5.68. The third-order valence-electron chi connectivity index (χ3n) is 5.05. The Morgan fingerprint density at radius 1 is 1.07 bits per heavy atom. The lowest BCUT2D eigenvalue weighted by Crippen LogP contribution is -2.45. The molecule has 2 aromatic rings. The number of anilines is 1. The van der Waals surface area contributed by atoms with E-state index in [1.54, 1.807) is 0 Å². The maximum Gasteiger partial charge on any atom is 0.407 e. The quantitative estimate of drug-likeness (QED) is 0.798. The van der Waals surface area contributed by atoms with Crippen molar-refractivity contribution in [3.05, 3.63) is 60.4 Å². The first-order chi connectivity index (χ1) is 13.4. The van der Waals surface area contributed by atoms with E-state index in [0.29, 0.717) is 6.04 Å². The average Bonchev–Trinajstić information content (AvgIpc) is 2.67. The summed E-state index contributed by atoms with van der Waals surface area (Å²) in [5, 5.41) is 3.03. The van der Waals surface area contributed by atoms with Gasteiger partial charge in [-0.25, -0.2) is 4.79 Å². The van der Waals surface area contributed by atoms with Gasteiger partial charge in [-0.15, -0.1) is 0 Å². The van der Waals surface area contributed by atoms with Gasteiger partial charge in [0.1, 0.15) is 5.60 Å². The second-order valence-electron chi connectivity index (χ2n) is 8.47. The summed E-state index contributed by atoms with van der Waals surface area (Å²) >= 11 is 0. The van der Waals surface area contributed by atoms with Gasteiger partial charge in [-0.3, -0.25) is 4.98 Å². The van der Waals surface area contributed by atoms with E-state index >= 15 is 0 Å². The Labute approximate surface area is 168 Å². The van der Waals surface area contributed by atoms with Gasteiger partial charge in [-0.1, -0.05) is 30.3 Å². The van der Waals surface area contributed by atoms with Crippen molar-refractivity contribution in [1.82, 2.24) is 10.3 Å². The van der Waals surface area contributed by atoms with Gasteiger partial charge in [0, 0.05) is 36.7 Å². The van der Waals surface area contributed by atoms with E-state index in [2.05, 4.69) is 51.6 Å². The molecule has 0 atom stereocenters. The van der Waals surface area contributed by atoms with Crippen LogP contribution in [0.5, 0.6) is 0 Å². The molecule has 28 heavy (non-hydrogen) atoms. The number of pyridine rings is 1. The number of aromatic nitrogens is 1. The fourth-order valence-electron chi connectivity index (χ4n) is 3.75. The Morgan fingerprint density at radius 2 is 1.71 bits per heavy atom. The second-order valence-corrected chi connectivity index (χ2v) is 8.47. The number of rotatable bonds is 5. The first kappa shape index (κ1) is 20.2. The molecule has 5 nitrogen and oxygen atoms in total. The van der Waals surface area contributed by atoms with Crippen molar-refractivity contribution in [2.45, 2.75) is 70.7 Å². The monoisotopic (exact) mass is 381 g/mol. The fourth-order valence-corrected chi connectivity index (χ4v) is 3.75. The number of benzene rings is 1. The van der Waals surface area contributed by atoms with Crippen LogP contribution in [0.25, 0.3) is 0 Å². The Kier molecular flexibility index (Phi) is 6.55. The molecular formula is C23H31N3O2. The highest BCUT2D eigenvalue weighted by Crippen LogP contribution is 2.29. The zero-order valence-electron chi connectivity index (χ0n) is 17.1. The van der Waals surface area contributed by atoms with Crippen molar-refractivity contribution >= 4 is 11.8 Å². The topological polar surface area (TPSA) is 54.5 Å². The minimum absolute atomic E-state index is 0.183. The first-order valence-corrected chi connectivity index (χ1v) is 10.1. The molecule has 0 radical (unpaired) electrons. The highest BCUT2D eigenvalue weighted by Gasteiger charge is 2.28. The zero-order chi connectivity index (χ0) is 20.0. The van der Waals surface area contributed by atoms with E-state index in [9.17, 15) is 4.79 Å². The van der Waals surface area contributed by atoms with E-state index in [4.69, 9.17) is 4.74 Å². The van der Waals surface area contributed by atoms with Gasteiger partial charge >= 0.3 is 6.09 Å². The molecule has 1 fully saturated rings. The van der Waals surface area contributed by atoms with Crippen LogP contribution in [0.2, 0.25) is 0 Å². The van der Waals surface area contributed by atoms with Crippen molar-refractivity contribution in [2.75, 3.05) is 4.90 Å². The number of ether oxygens (including phenoxy) is 1. The van der Waals surface area contributed by atoms with Gasteiger partial charge in [0.2, 0.25) is 0 Å². The van der Waals surface area contributed by atoms with Crippen LogP contribution in [0.1, 0.15) is 52.0 Å². The van der Waals surface area contributed by atoms with Crippen molar-refractivity contribution in [1.29, 1.82) is 0 Å². The molecule has 0 spiro atoms. The molecule has 1 saturated carbocycles. The molecule has 0 saturated heterocycles. The number of carbonyl (C=O) groups is 1. The van der Waals surface area contributed by atoms with Crippen LogP contribution in [0.15, 0.2) is 54.9 Å². The SMILES string of the molecule is CC(C)(C)OC(=O)NC1CCC(N(Cc2ccccc2)c2ccncc2)CC1. The lowest BCUT2D eigenvalue weighted by atomic mass is 9.89. The van der Waals surface area contributed by atoms with Crippen molar-refractivity contribution in [3.8, 4) is 0 Å². The van der Waals surface area contributed by atoms with Crippen LogP contribution in [0, 0.1) is 0 Å². The normalized spacial score (nSPS) is 19.7. The fraction of sp³-hybridized carbons (Fsp3) is 0.478. The molecule has 1 aliphatic rings. The van der Waals surface area contributed by atoms with Crippen LogP contribution in [-0.2, 0) is 11.3 Å². The molecule has 150 valence electrons. The van der Waals surface area contributed by atoms with Gasteiger partial charge in [-0.2, -0.15) is 0 Å². The molecule has 0 aliphatic heterocycles. The van der Waals surface area contributed by atoms with Crippen LogP contribution in [0.3, 0.4) is 0 Å². The lowest BCUT2D eigenvalue weighted by Gasteiger charge is -2.38. The lowest BCUT2D eigenvalue weighted by molar-refractivity contribution is 0.0491. The maximum atomic E-state index is 12.1. The molecular weight excluding hydrogens is 350 g/mol. The molecule has 0 bridgehead atoms. The molecule has 3 rings (SSSR count). The van der Waals surface area contributed by atoms with Gasteiger partial charge in [0.25, 0.3) is 0 Å². The smallest absolute Gasteiger partial charge is 0.407 e. The van der Waals surface area contributed by atoms with Gasteiger partial charge in [0.05, 0.1) is 0 Å². The number of hydrogen-bond acceptors (Lipinski definition) is 4. The summed E-state index contributed by atoms with van der Waals surface area (Å²) in [5.41, 5.74) is 2.03. The van der Waals surface area contributed by atoms with E-state index < -0.39 is 5.60 Å². The van der Waals surface area contributed by atoms with Crippen LogP contribution >= 0.6 is 0 Å². The summed E-state index contributed by atoms with van der Waals surface area (Å²) in [6.07, 6.45) is 7.38. The van der Waals surface area contributed by atoms with Gasteiger partial charge < -0.3 is 15.0 Å². The summed E-state index contributed by atoms with van der Waals surface area (Å²) in [6, 6.07) is 15.3. The van der Waals surface area contributed by atoms with Crippen molar-refractivity contribution in [3.63, 3.8) is 0 Å². The largest absolute Gasteiger partial charge is 0.444 e. The molecule has 1 aliphatic carbocycles. The van der Waals surface area contributed by atoms with E-state index in [1.165, 1.54) is 11.3 Å².